The third kappa shape index (κ3) is 4.49. The normalized spacial score (nSPS) is 10.4. The van der Waals surface area contributed by atoms with Gasteiger partial charge in [-0.2, -0.15) is 0 Å². The first-order chi connectivity index (χ1) is 10.1. The molecule has 0 spiro atoms. The standard InChI is InChI=1S/C14H14F2N2O2S/c1-2-20-13(19)6-4-10-8-21-14(18-10)17-9-3-5-11(15)12(16)7-9/h3,5,7-8H,2,4,6H2,1H3,(H,17,18). The number of thiazole rings is 1. The number of esters is 1. The topological polar surface area (TPSA) is 51.2 Å². The summed E-state index contributed by atoms with van der Waals surface area (Å²) in [5.41, 5.74) is 1.17. The largest absolute Gasteiger partial charge is 0.466 e. The van der Waals surface area contributed by atoms with Crippen LogP contribution >= 0.6 is 11.3 Å². The number of benzene rings is 1. The van der Waals surface area contributed by atoms with Crippen LogP contribution in [-0.2, 0) is 16.0 Å². The summed E-state index contributed by atoms with van der Waals surface area (Å²) in [6.45, 7) is 2.11. The molecular weight excluding hydrogens is 298 g/mol. The van der Waals surface area contributed by atoms with Crippen molar-refractivity contribution in [2.24, 2.45) is 0 Å². The molecule has 0 unspecified atom stereocenters. The van der Waals surface area contributed by atoms with Crippen molar-refractivity contribution in [3.8, 4) is 0 Å². The number of carbonyl (C=O) groups excluding carboxylic acids is 1. The number of hydrogen-bond donors (Lipinski definition) is 1. The summed E-state index contributed by atoms with van der Waals surface area (Å²) in [4.78, 5) is 15.5. The molecule has 2 rings (SSSR count). The van der Waals surface area contributed by atoms with Crippen LogP contribution in [0.25, 0.3) is 0 Å². The number of carbonyl (C=O) groups is 1. The number of nitrogens with one attached hydrogen (secondary N) is 1. The van der Waals surface area contributed by atoms with Crippen LogP contribution in [0.1, 0.15) is 19.0 Å². The molecule has 0 amide bonds. The van der Waals surface area contributed by atoms with Crippen molar-refractivity contribution < 1.29 is 18.3 Å². The summed E-state index contributed by atoms with van der Waals surface area (Å²) >= 11 is 1.33. The predicted octanol–water partition coefficient (Wildman–Crippen LogP) is 3.66. The Morgan fingerprint density at radius 2 is 2.19 bits per heavy atom. The van der Waals surface area contributed by atoms with Gasteiger partial charge in [0.1, 0.15) is 0 Å². The Kier molecular flexibility index (Phi) is 5.21. The molecule has 21 heavy (non-hydrogen) atoms. The molecule has 0 fully saturated rings. The van der Waals surface area contributed by atoms with Crippen molar-refractivity contribution in [1.82, 2.24) is 4.98 Å². The highest BCUT2D eigenvalue weighted by Crippen LogP contribution is 2.22. The lowest BCUT2D eigenvalue weighted by molar-refractivity contribution is -0.143. The van der Waals surface area contributed by atoms with Gasteiger partial charge >= 0.3 is 5.97 Å². The molecule has 1 aromatic heterocycles. The van der Waals surface area contributed by atoms with Crippen molar-refractivity contribution >= 4 is 28.1 Å². The summed E-state index contributed by atoms with van der Waals surface area (Å²) in [7, 11) is 0. The fourth-order valence-corrected chi connectivity index (χ4v) is 2.40. The summed E-state index contributed by atoms with van der Waals surface area (Å²) in [5.74, 6) is -2.07. The van der Waals surface area contributed by atoms with Crippen molar-refractivity contribution in [3.63, 3.8) is 0 Å². The zero-order chi connectivity index (χ0) is 15.2. The van der Waals surface area contributed by atoms with E-state index in [9.17, 15) is 13.6 Å². The van der Waals surface area contributed by atoms with Gasteiger partial charge in [0, 0.05) is 23.6 Å². The summed E-state index contributed by atoms with van der Waals surface area (Å²) in [6.07, 6.45) is 0.747. The third-order valence-electron chi connectivity index (χ3n) is 2.61. The third-order valence-corrected chi connectivity index (χ3v) is 3.42. The molecule has 0 aliphatic carbocycles. The molecular formula is C14H14F2N2O2S. The van der Waals surface area contributed by atoms with E-state index in [1.54, 1.807) is 12.3 Å². The van der Waals surface area contributed by atoms with Gasteiger partial charge in [-0.05, 0) is 19.1 Å². The van der Waals surface area contributed by atoms with Gasteiger partial charge in [-0.3, -0.25) is 4.79 Å². The van der Waals surface area contributed by atoms with Crippen LogP contribution in [0.3, 0.4) is 0 Å². The van der Waals surface area contributed by atoms with Gasteiger partial charge in [0.15, 0.2) is 16.8 Å². The lowest BCUT2D eigenvalue weighted by Gasteiger charge is -2.02. The van der Waals surface area contributed by atoms with E-state index in [2.05, 4.69) is 10.3 Å². The summed E-state index contributed by atoms with van der Waals surface area (Å²) in [6, 6.07) is 3.54. The van der Waals surface area contributed by atoms with E-state index in [0.29, 0.717) is 23.8 Å². The summed E-state index contributed by atoms with van der Waals surface area (Å²) in [5, 5.41) is 5.25. The molecule has 1 aromatic carbocycles. The first kappa shape index (κ1) is 15.4. The van der Waals surface area contributed by atoms with Crippen molar-refractivity contribution in [1.29, 1.82) is 0 Å². The summed E-state index contributed by atoms with van der Waals surface area (Å²) < 4.78 is 30.7. The maximum atomic E-state index is 13.1. The van der Waals surface area contributed by atoms with E-state index in [1.165, 1.54) is 17.4 Å². The van der Waals surface area contributed by atoms with E-state index >= 15 is 0 Å². The van der Waals surface area contributed by atoms with E-state index in [1.807, 2.05) is 0 Å². The highest BCUT2D eigenvalue weighted by atomic mass is 32.1. The highest BCUT2D eigenvalue weighted by Gasteiger charge is 2.08. The minimum atomic E-state index is -0.918. The van der Waals surface area contributed by atoms with Crippen molar-refractivity contribution in [2.75, 3.05) is 11.9 Å². The SMILES string of the molecule is CCOC(=O)CCc1csc(Nc2ccc(F)c(F)c2)n1. The van der Waals surface area contributed by atoms with E-state index in [-0.39, 0.29) is 12.4 Å². The van der Waals surface area contributed by atoms with Gasteiger partial charge in [-0.15, -0.1) is 11.3 Å². The van der Waals surface area contributed by atoms with Gasteiger partial charge in [0.25, 0.3) is 0 Å². The molecule has 0 aliphatic heterocycles. The number of nitrogens with zero attached hydrogens (tertiary/aromatic N) is 1. The van der Waals surface area contributed by atoms with Crippen LogP contribution in [0.4, 0.5) is 19.6 Å². The van der Waals surface area contributed by atoms with Crippen LogP contribution < -0.4 is 5.32 Å². The van der Waals surface area contributed by atoms with Crippen LogP contribution in [0, 0.1) is 11.6 Å². The van der Waals surface area contributed by atoms with Gasteiger partial charge in [0.2, 0.25) is 0 Å². The molecule has 0 bridgehead atoms. The predicted molar refractivity (Wildman–Crippen MR) is 76.7 cm³/mol. The zero-order valence-electron chi connectivity index (χ0n) is 11.4. The number of aromatic nitrogens is 1. The lowest BCUT2D eigenvalue weighted by atomic mass is 10.2. The number of hydrogen-bond acceptors (Lipinski definition) is 5. The Morgan fingerprint density at radius 3 is 2.90 bits per heavy atom. The Hall–Kier alpha value is -2.02. The minimum Gasteiger partial charge on any atom is -0.466 e. The van der Waals surface area contributed by atoms with E-state index < -0.39 is 11.6 Å². The second-order valence-electron chi connectivity index (χ2n) is 4.20. The van der Waals surface area contributed by atoms with E-state index in [0.717, 1.165) is 17.8 Å². The Balaban J connectivity index is 1.93. The molecule has 7 heteroatoms. The Labute approximate surface area is 124 Å². The molecule has 1 heterocycles. The molecule has 0 radical (unpaired) electrons. The minimum absolute atomic E-state index is 0.263. The van der Waals surface area contributed by atoms with Crippen molar-refractivity contribution in [3.05, 3.63) is 40.9 Å². The maximum Gasteiger partial charge on any atom is 0.306 e. The fourth-order valence-electron chi connectivity index (χ4n) is 1.64. The van der Waals surface area contributed by atoms with Gasteiger partial charge in [-0.25, -0.2) is 13.8 Å². The highest BCUT2D eigenvalue weighted by molar-refractivity contribution is 7.13. The maximum absolute atomic E-state index is 13.1. The number of rotatable bonds is 6. The van der Waals surface area contributed by atoms with Gasteiger partial charge in [-0.1, -0.05) is 0 Å². The molecule has 0 saturated carbocycles. The van der Waals surface area contributed by atoms with Crippen LogP contribution in [0.2, 0.25) is 0 Å². The van der Waals surface area contributed by atoms with Gasteiger partial charge in [0.05, 0.1) is 18.7 Å². The molecule has 0 saturated heterocycles. The van der Waals surface area contributed by atoms with Crippen LogP contribution in [0.15, 0.2) is 23.6 Å². The second kappa shape index (κ2) is 7.12. The van der Waals surface area contributed by atoms with Crippen LogP contribution in [0.5, 0.6) is 0 Å². The Bertz CT molecular complexity index is 631. The molecule has 112 valence electrons. The van der Waals surface area contributed by atoms with Gasteiger partial charge < -0.3 is 10.1 Å². The number of ether oxygens (including phenoxy) is 1. The molecule has 2 aromatic rings. The molecule has 0 atom stereocenters. The monoisotopic (exact) mass is 312 g/mol. The quantitative estimate of drug-likeness (QED) is 0.827. The average molecular weight is 312 g/mol. The second-order valence-corrected chi connectivity index (χ2v) is 5.06. The molecule has 4 nitrogen and oxygen atoms in total. The smallest absolute Gasteiger partial charge is 0.306 e. The molecule has 1 N–H and O–H groups in total. The lowest BCUT2D eigenvalue weighted by Crippen LogP contribution is -2.05. The first-order valence-electron chi connectivity index (χ1n) is 6.40. The number of anilines is 2. The molecule has 0 aliphatic rings. The zero-order valence-corrected chi connectivity index (χ0v) is 12.2. The fraction of sp³-hybridized carbons (Fsp3) is 0.286. The van der Waals surface area contributed by atoms with Crippen molar-refractivity contribution in [2.45, 2.75) is 19.8 Å². The van der Waals surface area contributed by atoms with Crippen LogP contribution in [-0.4, -0.2) is 17.6 Å². The average Bonchev–Trinajstić information content (AvgIpc) is 2.89. The first-order valence-corrected chi connectivity index (χ1v) is 7.28. The van der Waals surface area contributed by atoms with E-state index in [4.69, 9.17) is 4.74 Å². The number of halogens is 2. The Morgan fingerprint density at radius 1 is 1.38 bits per heavy atom. The number of aryl methyl sites for hydroxylation is 1.